The van der Waals surface area contributed by atoms with E-state index < -0.39 is 0 Å². The Morgan fingerprint density at radius 1 is 1.05 bits per heavy atom. The lowest BCUT2D eigenvalue weighted by Crippen LogP contribution is -2.04. The highest BCUT2D eigenvalue weighted by atomic mass is 14.9. The number of benzene rings is 1. The molecule has 0 saturated heterocycles. The molecule has 19 heavy (non-hydrogen) atoms. The molecule has 1 heteroatoms. The van der Waals surface area contributed by atoms with Crippen LogP contribution in [-0.4, -0.2) is 6.54 Å². The van der Waals surface area contributed by atoms with Gasteiger partial charge in [0, 0.05) is 12.2 Å². The first-order valence-electron chi connectivity index (χ1n) is 7.44. The molecule has 1 aromatic rings. The minimum absolute atomic E-state index is 0.915. The largest absolute Gasteiger partial charge is 0.381 e. The van der Waals surface area contributed by atoms with E-state index in [0.29, 0.717) is 0 Å². The summed E-state index contributed by atoms with van der Waals surface area (Å²) in [6.07, 6.45) is 12.1. The lowest BCUT2D eigenvalue weighted by molar-refractivity contribution is 0.868. The van der Waals surface area contributed by atoms with Crippen LogP contribution in [0.2, 0.25) is 0 Å². The topological polar surface area (TPSA) is 12.0 Å². The smallest absolute Gasteiger partial charge is 0.0407 e. The van der Waals surface area contributed by atoms with Crippen LogP contribution >= 0.6 is 0 Å². The van der Waals surface area contributed by atoms with Crippen molar-refractivity contribution in [2.75, 3.05) is 11.9 Å². The molecule has 0 unspecified atom stereocenters. The van der Waals surface area contributed by atoms with Crippen molar-refractivity contribution in [1.29, 1.82) is 0 Å². The molecule has 0 aliphatic carbocycles. The normalized spacial score (nSPS) is 10.8. The van der Waals surface area contributed by atoms with Crippen molar-refractivity contribution >= 4 is 5.69 Å². The maximum atomic E-state index is 3.74. The lowest BCUT2D eigenvalue weighted by Gasteiger charge is -2.14. The fourth-order valence-electron chi connectivity index (χ4n) is 2.21. The Kier molecular flexibility index (Phi) is 7.72. The van der Waals surface area contributed by atoms with E-state index in [4.69, 9.17) is 0 Å². The zero-order valence-electron chi connectivity index (χ0n) is 12.4. The second kappa shape index (κ2) is 9.43. The highest BCUT2D eigenvalue weighted by Gasteiger charge is 2.03. The summed E-state index contributed by atoms with van der Waals surface area (Å²) < 4.78 is 0. The average Bonchev–Trinajstić information content (AvgIpc) is 2.46. The zero-order chi connectivity index (χ0) is 13.9. The first kappa shape index (κ1) is 15.6. The number of hydrogen-bond acceptors (Lipinski definition) is 1. The van der Waals surface area contributed by atoms with Crippen LogP contribution in [0, 0.1) is 0 Å². The van der Waals surface area contributed by atoms with Gasteiger partial charge >= 0.3 is 0 Å². The summed E-state index contributed by atoms with van der Waals surface area (Å²) in [4.78, 5) is 0. The maximum Gasteiger partial charge on any atom is 0.0407 e. The number of hydrogen-bond donors (Lipinski definition) is 1. The molecule has 0 aromatic heterocycles. The van der Waals surface area contributed by atoms with Crippen LogP contribution in [0.25, 0.3) is 0 Å². The number of para-hydroxylation sites is 1. The van der Waals surface area contributed by atoms with E-state index in [0.717, 1.165) is 32.2 Å². The van der Waals surface area contributed by atoms with Gasteiger partial charge in [0.25, 0.3) is 0 Å². The summed E-state index contributed by atoms with van der Waals surface area (Å²) >= 11 is 0. The lowest BCUT2D eigenvalue weighted by atomic mass is 10.0. The van der Waals surface area contributed by atoms with Crippen LogP contribution in [0.4, 0.5) is 5.69 Å². The molecule has 0 radical (unpaired) electrons. The molecule has 1 aromatic carbocycles. The van der Waals surface area contributed by atoms with Gasteiger partial charge in [-0.2, -0.15) is 0 Å². The third-order valence-electron chi connectivity index (χ3n) is 3.34. The van der Waals surface area contributed by atoms with E-state index in [1.165, 1.54) is 23.2 Å². The van der Waals surface area contributed by atoms with Crippen LogP contribution in [0.15, 0.2) is 43.0 Å². The summed E-state index contributed by atoms with van der Waals surface area (Å²) in [5, 5.41) is 3.57. The average molecular weight is 257 g/mol. The van der Waals surface area contributed by atoms with Crippen LogP contribution in [0.3, 0.4) is 0 Å². The molecule has 0 atom stereocenters. The molecular formula is C18H27N. The SMILES string of the molecule is C=CCCC/C=C/CNc1c(CC)cccc1CC. The third kappa shape index (κ3) is 5.34. The standard InChI is InChI=1S/C18H27N/c1-4-7-8-9-10-11-15-19-18-16(5-2)13-12-14-17(18)6-3/h4,10-14,19H,1,5-9,15H2,2-3H3/b11-10+. The molecular weight excluding hydrogens is 230 g/mol. The number of anilines is 1. The highest BCUT2D eigenvalue weighted by molar-refractivity contribution is 5.58. The fourth-order valence-corrected chi connectivity index (χ4v) is 2.21. The van der Waals surface area contributed by atoms with Crippen molar-refractivity contribution in [3.05, 3.63) is 54.1 Å². The number of aryl methyl sites for hydroxylation is 2. The Morgan fingerprint density at radius 2 is 1.74 bits per heavy atom. The Balaban J connectivity index is 2.50. The molecule has 0 bridgehead atoms. The molecule has 0 amide bonds. The van der Waals surface area contributed by atoms with Gasteiger partial charge in [-0.15, -0.1) is 6.58 Å². The molecule has 0 saturated carbocycles. The van der Waals surface area contributed by atoms with E-state index in [1.807, 2.05) is 6.08 Å². The van der Waals surface area contributed by atoms with Crippen LogP contribution in [-0.2, 0) is 12.8 Å². The molecule has 0 heterocycles. The van der Waals surface area contributed by atoms with Crippen molar-refractivity contribution in [2.24, 2.45) is 0 Å². The van der Waals surface area contributed by atoms with Crippen LogP contribution < -0.4 is 5.32 Å². The summed E-state index contributed by atoms with van der Waals surface area (Å²) in [7, 11) is 0. The molecule has 1 nitrogen and oxygen atoms in total. The minimum atomic E-state index is 0.915. The molecule has 104 valence electrons. The Labute approximate surface area is 118 Å². The van der Waals surface area contributed by atoms with Gasteiger partial charge in [-0.25, -0.2) is 0 Å². The van der Waals surface area contributed by atoms with Gasteiger partial charge in [0.2, 0.25) is 0 Å². The van der Waals surface area contributed by atoms with Crippen LogP contribution in [0.1, 0.15) is 44.2 Å². The van der Waals surface area contributed by atoms with Gasteiger partial charge < -0.3 is 5.32 Å². The maximum absolute atomic E-state index is 3.74. The number of rotatable bonds is 9. The predicted molar refractivity (Wildman–Crippen MR) is 86.9 cm³/mol. The summed E-state index contributed by atoms with van der Waals surface area (Å²) in [5.41, 5.74) is 4.17. The molecule has 0 aliphatic heterocycles. The third-order valence-corrected chi connectivity index (χ3v) is 3.34. The zero-order valence-corrected chi connectivity index (χ0v) is 12.4. The van der Waals surface area contributed by atoms with E-state index in [9.17, 15) is 0 Å². The van der Waals surface area contributed by atoms with Crippen molar-refractivity contribution in [2.45, 2.75) is 46.0 Å². The summed E-state index contributed by atoms with van der Waals surface area (Å²) in [5.74, 6) is 0. The van der Waals surface area contributed by atoms with Crippen molar-refractivity contribution in [3.63, 3.8) is 0 Å². The number of nitrogens with one attached hydrogen (secondary N) is 1. The van der Waals surface area contributed by atoms with Gasteiger partial charge in [0.15, 0.2) is 0 Å². The Hall–Kier alpha value is -1.50. The molecule has 0 fully saturated rings. The van der Waals surface area contributed by atoms with Gasteiger partial charge in [-0.05, 0) is 43.2 Å². The van der Waals surface area contributed by atoms with E-state index in [-0.39, 0.29) is 0 Å². The van der Waals surface area contributed by atoms with Gasteiger partial charge in [0.1, 0.15) is 0 Å². The van der Waals surface area contributed by atoms with Crippen molar-refractivity contribution < 1.29 is 0 Å². The first-order valence-corrected chi connectivity index (χ1v) is 7.44. The monoisotopic (exact) mass is 257 g/mol. The number of allylic oxidation sites excluding steroid dienone is 2. The van der Waals surface area contributed by atoms with Crippen molar-refractivity contribution in [3.8, 4) is 0 Å². The summed E-state index contributed by atoms with van der Waals surface area (Å²) in [6, 6.07) is 6.60. The fraction of sp³-hybridized carbons (Fsp3) is 0.444. The van der Waals surface area contributed by atoms with Crippen LogP contribution in [0.5, 0.6) is 0 Å². The number of unbranched alkanes of at least 4 members (excludes halogenated alkanes) is 2. The van der Waals surface area contributed by atoms with E-state index in [2.05, 4.69) is 56.1 Å². The Morgan fingerprint density at radius 3 is 2.32 bits per heavy atom. The van der Waals surface area contributed by atoms with E-state index >= 15 is 0 Å². The molecule has 1 N–H and O–H groups in total. The van der Waals surface area contributed by atoms with Gasteiger partial charge in [-0.3, -0.25) is 0 Å². The molecule has 1 rings (SSSR count). The second-order valence-corrected chi connectivity index (χ2v) is 4.73. The predicted octanol–water partition coefficient (Wildman–Crippen LogP) is 5.14. The Bertz CT molecular complexity index is 382. The van der Waals surface area contributed by atoms with Gasteiger partial charge in [0.05, 0.1) is 0 Å². The quantitative estimate of drug-likeness (QED) is 0.477. The first-order chi connectivity index (χ1) is 9.33. The van der Waals surface area contributed by atoms with Gasteiger partial charge in [-0.1, -0.05) is 50.3 Å². The minimum Gasteiger partial charge on any atom is -0.381 e. The second-order valence-electron chi connectivity index (χ2n) is 4.73. The summed E-state index contributed by atoms with van der Waals surface area (Å²) in [6.45, 7) is 9.08. The highest BCUT2D eigenvalue weighted by Crippen LogP contribution is 2.22. The molecule has 0 spiro atoms. The van der Waals surface area contributed by atoms with Crippen molar-refractivity contribution in [1.82, 2.24) is 0 Å². The van der Waals surface area contributed by atoms with E-state index in [1.54, 1.807) is 0 Å². The molecule has 0 aliphatic rings.